The zero-order valence-electron chi connectivity index (χ0n) is 8.91. The van der Waals surface area contributed by atoms with Crippen LogP contribution in [0.5, 0.6) is 0 Å². The summed E-state index contributed by atoms with van der Waals surface area (Å²) in [5.74, 6) is -0.270. The molecule has 0 aromatic heterocycles. The molecule has 0 aliphatic heterocycles. The summed E-state index contributed by atoms with van der Waals surface area (Å²) in [7, 11) is 0. The van der Waals surface area contributed by atoms with Crippen molar-refractivity contribution < 1.29 is 29.0 Å². The summed E-state index contributed by atoms with van der Waals surface area (Å²) in [6, 6.07) is 8.99. The van der Waals surface area contributed by atoms with Gasteiger partial charge >= 0.3 is 5.97 Å². The second-order valence-electron chi connectivity index (χ2n) is 3.87. The molecule has 2 nitrogen and oxygen atoms in total. The van der Waals surface area contributed by atoms with Gasteiger partial charge in [-0.15, -0.1) is 0 Å². The molecule has 0 unspecified atom stereocenters. The van der Waals surface area contributed by atoms with Crippen molar-refractivity contribution in [1.82, 2.24) is 0 Å². The van der Waals surface area contributed by atoms with Crippen molar-refractivity contribution in [3.8, 4) is 0 Å². The third-order valence-electron chi connectivity index (χ3n) is 1.41. The van der Waals surface area contributed by atoms with Crippen molar-refractivity contribution in [1.29, 1.82) is 0 Å². The van der Waals surface area contributed by atoms with Crippen molar-refractivity contribution in [3.63, 3.8) is 0 Å². The average Bonchev–Trinajstić information content (AvgIpc) is 2.03. The van der Waals surface area contributed by atoms with Crippen LogP contribution in [-0.2, 0) is 24.2 Å². The van der Waals surface area contributed by atoms with Gasteiger partial charge in [-0.25, -0.2) is 4.79 Å². The molecule has 0 radical (unpaired) electrons. The molecule has 0 saturated carbocycles. The number of carbonyl (C=O) groups is 1. The molecule has 0 atom stereocenters. The molecule has 1 aromatic carbocycles. The largest absolute Gasteiger partial charge is 0.456 e. The van der Waals surface area contributed by atoms with Gasteiger partial charge in [0.1, 0.15) is 5.60 Å². The van der Waals surface area contributed by atoms with E-state index in [9.17, 15) is 4.79 Å². The maximum Gasteiger partial charge on any atom is 0.338 e. The summed E-state index contributed by atoms with van der Waals surface area (Å²) in [6.07, 6.45) is 0. The van der Waals surface area contributed by atoms with E-state index in [2.05, 4.69) is 0 Å². The molecule has 1 aromatic rings. The number of benzene rings is 1. The molecular weight excluding hydrogens is 230 g/mol. The quantitative estimate of drug-likeness (QED) is 0.560. The normalized spacial score (nSPS) is 10.2. The first-order valence-corrected chi connectivity index (χ1v) is 4.27. The second kappa shape index (κ2) is 5.26. The van der Waals surface area contributed by atoms with Gasteiger partial charge in [0, 0.05) is 19.5 Å². The van der Waals surface area contributed by atoms with Crippen LogP contribution in [0.25, 0.3) is 0 Å². The second-order valence-corrected chi connectivity index (χ2v) is 3.87. The first-order chi connectivity index (χ1) is 5.99. The van der Waals surface area contributed by atoms with Gasteiger partial charge in [-0.2, -0.15) is 0 Å². The number of esters is 1. The van der Waals surface area contributed by atoms with Crippen LogP contribution >= 0.6 is 0 Å². The Hall–Kier alpha value is -0.687. The Balaban J connectivity index is 0.00000169. The fourth-order valence-corrected chi connectivity index (χ4v) is 0.911. The van der Waals surface area contributed by atoms with E-state index < -0.39 is 5.60 Å². The minimum absolute atomic E-state index is 0. The number of ether oxygens (including phenoxy) is 1. The first-order valence-electron chi connectivity index (χ1n) is 4.27. The monoisotopic (exact) mass is 242 g/mol. The van der Waals surface area contributed by atoms with Crippen molar-refractivity contribution in [2.45, 2.75) is 26.4 Å². The number of carbonyl (C=O) groups excluding carboxylic acids is 1. The van der Waals surface area contributed by atoms with Crippen LogP contribution in [0.2, 0.25) is 0 Å². The number of hydrogen-bond acceptors (Lipinski definition) is 2. The van der Waals surface area contributed by atoms with Crippen LogP contribution < -0.4 is 0 Å². The van der Waals surface area contributed by atoms with Crippen LogP contribution in [0.4, 0.5) is 0 Å². The van der Waals surface area contributed by atoms with Crippen LogP contribution in [0, 0.1) is 0 Å². The summed E-state index contributed by atoms with van der Waals surface area (Å²) >= 11 is 0. The molecule has 0 bridgehead atoms. The van der Waals surface area contributed by atoms with E-state index in [-0.39, 0.29) is 25.4 Å². The standard InChI is InChI=1S/C11H14O2.Zn/c1-11(2,3)13-10(12)9-7-5-4-6-8-9;/h4-8H,1-3H3;. The Kier molecular flexibility index (Phi) is 5.00. The van der Waals surface area contributed by atoms with Crippen LogP contribution in [0.1, 0.15) is 31.1 Å². The van der Waals surface area contributed by atoms with Gasteiger partial charge in [0.15, 0.2) is 0 Å². The predicted molar refractivity (Wildman–Crippen MR) is 51.6 cm³/mol. The maximum absolute atomic E-state index is 11.4. The first kappa shape index (κ1) is 13.3. The van der Waals surface area contributed by atoms with Crippen molar-refractivity contribution in [3.05, 3.63) is 35.9 Å². The van der Waals surface area contributed by atoms with E-state index in [0.29, 0.717) is 5.56 Å². The van der Waals surface area contributed by atoms with E-state index in [1.807, 2.05) is 39.0 Å². The van der Waals surface area contributed by atoms with E-state index in [0.717, 1.165) is 0 Å². The Bertz CT molecular complexity index is 288. The molecule has 0 fully saturated rings. The van der Waals surface area contributed by atoms with Crippen LogP contribution in [0.3, 0.4) is 0 Å². The average molecular weight is 244 g/mol. The molecular formula is C11H14O2Zn. The predicted octanol–water partition coefficient (Wildman–Crippen LogP) is 2.64. The summed E-state index contributed by atoms with van der Waals surface area (Å²) in [4.78, 5) is 11.4. The molecule has 3 heteroatoms. The summed E-state index contributed by atoms with van der Waals surface area (Å²) in [6.45, 7) is 5.56. The van der Waals surface area contributed by atoms with Crippen LogP contribution in [-0.4, -0.2) is 11.6 Å². The van der Waals surface area contributed by atoms with Crippen molar-refractivity contribution >= 4 is 5.97 Å². The van der Waals surface area contributed by atoms with Gasteiger partial charge in [-0.3, -0.25) is 0 Å². The molecule has 72 valence electrons. The van der Waals surface area contributed by atoms with E-state index >= 15 is 0 Å². The van der Waals surface area contributed by atoms with E-state index in [1.165, 1.54) is 0 Å². The topological polar surface area (TPSA) is 26.3 Å². The molecule has 0 amide bonds. The molecule has 0 aliphatic rings. The Morgan fingerprint density at radius 3 is 2.07 bits per heavy atom. The Morgan fingerprint density at radius 2 is 1.64 bits per heavy atom. The molecule has 0 saturated heterocycles. The minimum Gasteiger partial charge on any atom is -0.456 e. The van der Waals surface area contributed by atoms with Gasteiger partial charge in [-0.05, 0) is 32.9 Å². The molecule has 1 rings (SSSR count). The third kappa shape index (κ3) is 4.52. The van der Waals surface area contributed by atoms with Crippen LogP contribution in [0.15, 0.2) is 30.3 Å². The minimum atomic E-state index is -0.424. The Morgan fingerprint density at radius 1 is 1.14 bits per heavy atom. The van der Waals surface area contributed by atoms with Crippen molar-refractivity contribution in [2.75, 3.05) is 0 Å². The van der Waals surface area contributed by atoms with Gasteiger partial charge in [0.25, 0.3) is 0 Å². The zero-order chi connectivity index (χ0) is 9.90. The summed E-state index contributed by atoms with van der Waals surface area (Å²) < 4.78 is 5.18. The van der Waals surface area contributed by atoms with E-state index in [4.69, 9.17) is 4.74 Å². The van der Waals surface area contributed by atoms with Gasteiger partial charge in [-0.1, -0.05) is 18.2 Å². The maximum atomic E-state index is 11.4. The fourth-order valence-electron chi connectivity index (χ4n) is 0.911. The van der Waals surface area contributed by atoms with Gasteiger partial charge in [0.05, 0.1) is 5.56 Å². The molecule has 0 heterocycles. The number of hydrogen-bond donors (Lipinski definition) is 0. The van der Waals surface area contributed by atoms with Crippen molar-refractivity contribution in [2.24, 2.45) is 0 Å². The smallest absolute Gasteiger partial charge is 0.338 e. The zero-order valence-corrected chi connectivity index (χ0v) is 11.9. The van der Waals surface area contributed by atoms with Gasteiger partial charge < -0.3 is 4.74 Å². The van der Waals surface area contributed by atoms with Gasteiger partial charge in [0.2, 0.25) is 0 Å². The summed E-state index contributed by atoms with van der Waals surface area (Å²) in [5, 5.41) is 0. The molecule has 14 heavy (non-hydrogen) atoms. The Labute approximate surface area is 97.4 Å². The molecule has 0 aliphatic carbocycles. The third-order valence-corrected chi connectivity index (χ3v) is 1.41. The van der Waals surface area contributed by atoms with E-state index in [1.54, 1.807) is 12.1 Å². The molecule has 0 spiro atoms. The SMILES string of the molecule is CC(C)(C)OC(=O)c1ccccc1.[Zn]. The number of rotatable bonds is 1. The summed E-state index contributed by atoms with van der Waals surface area (Å²) in [5.41, 5.74) is 0.171. The molecule has 0 N–H and O–H groups in total. The fraction of sp³-hybridized carbons (Fsp3) is 0.364.